The second-order valence-corrected chi connectivity index (χ2v) is 3.49. The fraction of sp³-hybridized carbons (Fsp3) is 0.750. The van der Waals surface area contributed by atoms with E-state index in [0.29, 0.717) is 25.4 Å². The number of hydrogen-bond acceptors (Lipinski definition) is 4. The van der Waals surface area contributed by atoms with E-state index in [0.717, 1.165) is 19.4 Å². The smallest absolute Gasteiger partial charge is 0.333 e. The van der Waals surface area contributed by atoms with Gasteiger partial charge in [-0.2, -0.15) is 0 Å². The SMILES string of the molecule is C=C(C)C(=O)OCCOCCOCCCC. The summed E-state index contributed by atoms with van der Waals surface area (Å²) in [6, 6.07) is 0. The van der Waals surface area contributed by atoms with Gasteiger partial charge in [0.1, 0.15) is 6.61 Å². The Labute approximate surface area is 97.6 Å². The Morgan fingerprint density at radius 3 is 2.19 bits per heavy atom. The molecule has 0 aliphatic heterocycles. The molecule has 0 spiro atoms. The summed E-state index contributed by atoms with van der Waals surface area (Å²) in [5, 5.41) is 0. The van der Waals surface area contributed by atoms with E-state index in [9.17, 15) is 4.79 Å². The average Bonchev–Trinajstić information content (AvgIpc) is 2.26. The van der Waals surface area contributed by atoms with Crippen LogP contribution in [0.25, 0.3) is 0 Å². The maximum atomic E-state index is 10.9. The van der Waals surface area contributed by atoms with Crippen molar-refractivity contribution in [3.05, 3.63) is 12.2 Å². The van der Waals surface area contributed by atoms with Crippen LogP contribution >= 0.6 is 0 Å². The monoisotopic (exact) mass is 230 g/mol. The Kier molecular flexibility index (Phi) is 10.1. The lowest BCUT2D eigenvalue weighted by atomic mass is 10.4. The van der Waals surface area contributed by atoms with Crippen LogP contribution in [0.2, 0.25) is 0 Å². The van der Waals surface area contributed by atoms with Gasteiger partial charge in [0.15, 0.2) is 0 Å². The fourth-order valence-corrected chi connectivity index (χ4v) is 0.885. The van der Waals surface area contributed by atoms with Crippen LogP contribution < -0.4 is 0 Å². The molecule has 4 nitrogen and oxygen atoms in total. The van der Waals surface area contributed by atoms with Crippen LogP contribution in [0.1, 0.15) is 26.7 Å². The molecule has 0 amide bonds. The quantitative estimate of drug-likeness (QED) is 0.327. The molecule has 0 saturated heterocycles. The lowest BCUT2D eigenvalue weighted by molar-refractivity contribution is -0.140. The molecule has 0 aromatic rings. The van der Waals surface area contributed by atoms with Crippen molar-refractivity contribution in [2.24, 2.45) is 0 Å². The van der Waals surface area contributed by atoms with Crippen LogP contribution in [0.3, 0.4) is 0 Å². The average molecular weight is 230 g/mol. The van der Waals surface area contributed by atoms with Crippen molar-refractivity contribution in [1.82, 2.24) is 0 Å². The third-order valence-corrected chi connectivity index (χ3v) is 1.82. The molecule has 0 aromatic heterocycles. The number of hydrogen-bond donors (Lipinski definition) is 0. The number of carbonyl (C=O) groups is 1. The number of unbranched alkanes of at least 4 members (excludes halogenated alkanes) is 1. The van der Waals surface area contributed by atoms with Gasteiger partial charge in [0, 0.05) is 12.2 Å². The van der Waals surface area contributed by atoms with Gasteiger partial charge in [-0.25, -0.2) is 4.79 Å². The van der Waals surface area contributed by atoms with Crippen molar-refractivity contribution in [1.29, 1.82) is 0 Å². The first-order chi connectivity index (χ1) is 7.68. The second kappa shape index (κ2) is 10.6. The van der Waals surface area contributed by atoms with Gasteiger partial charge in [-0.05, 0) is 13.3 Å². The zero-order valence-corrected chi connectivity index (χ0v) is 10.3. The lowest BCUT2D eigenvalue weighted by Gasteiger charge is -2.06. The zero-order valence-electron chi connectivity index (χ0n) is 10.3. The van der Waals surface area contributed by atoms with Gasteiger partial charge >= 0.3 is 5.97 Å². The molecule has 0 unspecified atom stereocenters. The van der Waals surface area contributed by atoms with Gasteiger partial charge in [-0.3, -0.25) is 0 Å². The van der Waals surface area contributed by atoms with E-state index in [-0.39, 0.29) is 12.6 Å². The maximum absolute atomic E-state index is 10.9. The van der Waals surface area contributed by atoms with Crippen molar-refractivity contribution in [2.45, 2.75) is 26.7 Å². The zero-order chi connectivity index (χ0) is 12.2. The molecule has 0 bridgehead atoms. The Morgan fingerprint density at radius 1 is 1.06 bits per heavy atom. The molecule has 0 radical (unpaired) electrons. The minimum atomic E-state index is -0.372. The third kappa shape index (κ3) is 9.68. The Bertz CT molecular complexity index is 201. The van der Waals surface area contributed by atoms with Crippen LogP contribution in [-0.2, 0) is 19.0 Å². The molecule has 0 aliphatic rings. The molecule has 0 atom stereocenters. The van der Waals surface area contributed by atoms with E-state index < -0.39 is 0 Å². The van der Waals surface area contributed by atoms with E-state index in [1.54, 1.807) is 6.92 Å². The van der Waals surface area contributed by atoms with Crippen LogP contribution in [0.15, 0.2) is 12.2 Å². The Balaban J connectivity index is 3.10. The second-order valence-electron chi connectivity index (χ2n) is 3.49. The summed E-state index contributed by atoms with van der Waals surface area (Å²) in [5.74, 6) is -0.372. The summed E-state index contributed by atoms with van der Waals surface area (Å²) in [6.07, 6.45) is 2.22. The lowest BCUT2D eigenvalue weighted by Crippen LogP contribution is -2.13. The fourth-order valence-electron chi connectivity index (χ4n) is 0.885. The van der Waals surface area contributed by atoms with Crippen molar-refractivity contribution in [3.63, 3.8) is 0 Å². The highest BCUT2D eigenvalue weighted by Gasteiger charge is 2.01. The van der Waals surface area contributed by atoms with E-state index in [1.807, 2.05) is 0 Å². The summed E-state index contributed by atoms with van der Waals surface area (Å²) in [4.78, 5) is 10.9. The molecule has 0 saturated carbocycles. The topological polar surface area (TPSA) is 44.8 Å². The van der Waals surface area contributed by atoms with Crippen LogP contribution in [-0.4, -0.2) is 39.0 Å². The van der Waals surface area contributed by atoms with Crippen molar-refractivity contribution in [3.8, 4) is 0 Å². The number of carbonyl (C=O) groups excluding carboxylic acids is 1. The molecule has 0 fully saturated rings. The van der Waals surface area contributed by atoms with Crippen LogP contribution in [0.4, 0.5) is 0 Å². The van der Waals surface area contributed by atoms with Crippen LogP contribution in [0.5, 0.6) is 0 Å². The molecule has 94 valence electrons. The van der Waals surface area contributed by atoms with Crippen molar-refractivity contribution < 1.29 is 19.0 Å². The highest BCUT2D eigenvalue weighted by Crippen LogP contribution is 1.92. The first-order valence-corrected chi connectivity index (χ1v) is 5.66. The van der Waals surface area contributed by atoms with Gasteiger partial charge in [0.25, 0.3) is 0 Å². The maximum Gasteiger partial charge on any atom is 0.333 e. The molecule has 0 N–H and O–H groups in total. The summed E-state index contributed by atoms with van der Waals surface area (Å²) in [5.41, 5.74) is 0.405. The van der Waals surface area contributed by atoms with Gasteiger partial charge in [0.2, 0.25) is 0 Å². The predicted octanol–water partition coefficient (Wildman–Crippen LogP) is 1.94. The summed E-state index contributed by atoms with van der Waals surface area (Å²) < 4.78 is 15.3. The standard InChI is InChI=1S/C12H22O4/c1-4-5-6-14-7-8-15-9-10-16-12(13)11(2)3/h2,4-10H2,1,3H3. The van der Waals surface area contributed by atoms with Gasteiger partial charge in [0.05, 0.1) is 19.8 Å². The van der Waals surface area contributed by atoms with Gasteiger partial charge < -0.3 is 14.2 Å². The highest BCUT2D eigenvalue weighted by atomic mass is 16.6. The first-order valence-electron chi connectivity index (χ1n) is 5.66. The summed E-state index contributed by atoms with van der Waals surface area (Å²) in [6.45, 7) is 9.79. The summed E-state index contributed by atoms with van der Waals surface area (Å²) in [7, 11) is 0. The minimum Gasteiger partial charge on any atom is -0.460 e. The van der Waals surface area contributed by atoms with Gasteiger partial charge in [-0.1, -0.05) is 19.9 Å². The molecule has 16 heavy (non-hydrogen) atoms. The summed E-state index contributed by atoms with van der Waals surface area (Å²) >= 11 is 0. The molecule has 0 aliphatic carbocycles. The number of ether oxygens (including phenoxy) is 3. The van der Waals surface area contributed by atoms with E-state index >= 15 is 0 Å². The molecular weight excluding hydrogens is 208 g/mol. The number of esters is 1. The molecule has 0 rings (SSSR count). The van der Waals surface area contributed by atoms with Crippen molar-refractivity contribution >= 4 is 5.97 Å². The first kappa shape index (κ1) is 15.1. The number of rotatable bonds is 10. The van der Waals surface area contributed by atoms with Gasteiger partial charge in [-0.15, -0.1) is 0 Å². The van der Waals surface area contributed by atoms with E-state index in [4.69, 9.17) is 14.2 Å². The molecule has 0 aromatic carbocycles. The van der Waals surface area contributed by atoms with Crippen LogP contribution in [0, 0.1) is 0 Å². The minimum absolute atomic E-state index is 0.265. The van der Waals surface area contributed by atoms with E-state index in [2.05, 4.69) is 13.5 Å². The van der Waals surface area contributed by atoms with E-state index in [1.165, 1.54) is 0 Å². The molecular formula is C12H22O4. The largest absolute Gasteiger partial charge is 0.460 e. The molecule has 0 heterocycles. The van der Waals surface area contributed by atoms with Crippen molar-refractivity contribution in [2.75, 3.05) is 33.0 Å². The predicted molar refractivity (Wildman–Crippen MR) is 62.3 cm³/mol. The normalized spacial score (nSPS) is 10.1. The Morgan fingerprint density at radius 2 is 1.62 bits per heavy atom. The molecule has 4 heteroatoms. The third-order valence-electron chi connectivity index (χ3n) is 1.82. The highest BCUT2D eigenvalue weighted by molar-refractivity contribution is 5.86. The Hall–Kier alpha value is -0.870.